The zero-order valence-electron chi connectivity index (χ0n) is 7.67. The zero-order valence-corrected chi connectivity index (χ0v) is 7.67. The summed E-state index contributed by atoms with van der Waals surface area (Å²) in [6, 6.07) is 0. The van der Waals surface area contributed by atoms with Gasteiger partial charge in [0.1, 0.15) is 0 Å². The summed E-state index contributed by atoms with van der Waals surface area (Å²) in [7, 11) is 0. The van der Waals surface area contributed by atoms with E-state index in [1.54, 1.807) is 0 Å². The van der Waals surface area contributed by atoms with Crippen LogP contribution in [0.4, 0.5) is 0 Å². The van der Waals surface area contributed by atoms with Crippen molar-refractivity contribution in [3.8, 4) is 0 Å². The third-order valence-electron chi connectivity index (χ3n) is 2.60. The van der Waals surface area contributed by atoms with E-state index in [1.165, 1.54) is 0 Å². The highest BCUT2D eigenvalue weighted by molar-refractivity contribution is 5.77. The van der Waals surface area contributed by atoms with Crippen molar-refractivity contribution in [3.05, 3.63) is 0 Å². The molecule has 0 radical (unpaired) electrons. The van der Waals surface area contributed by atoms with E-state index in [0.717, 1.165) is 12.8 Å². The van der Waals surface area contributed by atoms with Crippen LogP contribution in [0, 0.1) is 5.92 Å². The molecule has 1 atom stereocenters. The predicted octanol–water partition coefficient (Wildman–Crippen LogP) is 1.67. The van der Waals surface area contributed by atoms with Crippen LogP contribution in [-0.2, 0) is 9.53 Å². The van der Waals surface area contributed by atoms with Crippen LogP contribution in [-0.4, -0.2) is 23.3 Å². The smallest absolute Gasteiger partial charge is 0.336 e. The van der Waals surface area contributed by atoms with Crippen LogP contribution in [0.3, 0.4) is 0 Å². The second-order valence-electron chi connectivity index (χ2n) is 3.65. The fourth-order valence-electron chi connectivity index (χ4n) is 1.69. The summed E-state index contributed by atoms with van der Waals surface area (Å²) in [5, 5.41) is 9.03. The molecule has 0 aromatic carbocycles. The van der Waals surface area contributed by atoms with E-state index >= 15 is 0 Å². The minimum atomic E-state index is -0.905. The summed E-state index contributed by atoms with van der Waals surface area (Å²) in [4.78, 5) is 11.0. The molecule has 0 spiro atoms. The lowest BCUT2D eigenvalue weighted by atomic mass is 9.83. The van der Waals surface area contributed by atoms with Gasteiger partial charge < -0.3 is 9.84 Å². The van der Waals surface area contributed by atoms with Gasteiger partial charge in [0.25, 0.3) is 0 Å². The second-order valence-corrected chi connectivity index (χ2v) is 3.65. The highest BCUT2D eigenvalue weighted by Crippen LogP contribution is 2.32. The Bertz CT molecular complexity index is 169. The van der Waals surface area contributed by atoms with Crippen LogP contribution in [0.15, 0.2) is 0 Å². The number of hydrogen-bond acceptors (Lipinski definition) is 2. The lowest BCUT2D eigenvalue weighted by Gasteiger charge is -2.36. The van der Waals surface area contributed by atoms with Gasteiger partial charge in [-0.3, -0.25) is 0 Å². The number of aliphatic carboxylic acids is 1. The number of carbonyl (C=O) groups is 1. The maximum atomic E-state index is 11.0. The highest BCUT2D eigenvalue weighted by atomic mass is 16.5. The topological polar surface area (TPSA) is 46.5 Å². The van der Waals surface area contributed by atoms with Gasteiger partial charge in [0.05, 0.1) is 0 Å². The van der Waals surface area contributed by atoms with Crippen molar-refractivity contribution in [1.82, 2.24) is 0 Å². The number of carboxylic acid groups (broad SMARTS) is 1. The number of hydrogen-bond donors (Lipinski definition) is 1. The van der Waals surface area contributed by atoms with Crippen molar-refractivity contribution >= 4 is 5.97 Å². The summed E-state index contributed by atoms with van der Waals surface area (Å²) >= 11 is 0. The fourth-order valence-corrected chi connectivity index (χ4v) is 1.69. The average Bonchev–Trinajstić information content (AvgIpc) is 2.05. The first-order valence-electron chi connectivity index (χ1n) is 4.47. The molecule has 1 N–H and O–H groups in total. The SMILES string of the molecule is CC(C)C1(C(=O)O)CCCCO1. The molecule has 1 unspecified atom stereocenters. The Morgan fingerprint density at radius 2 is 2.17 bits per heavy atom. The molecular formula is C9H16O3. The van der Waals surface area contributed by atoms with Crippen molar-refractivity contribution in [2.45, 2.75) is 38.7 Å². The molecule has 1 aliphatic heterocycles. The van der Waals surface area contributed by atoms with Crippen molar-refractivity contribution in [2.75, 3.05) is 6.61 Å². The lowest BCUT2D eigenvalue weighted by molar-refractivity contribution is -0.180. The molecule has 12 heavy (non-hydrogen) atoms. The van der Waals surface area contributed by atoms with E-state index in [0.29, 0.717) is 13.0 Å². The minimum absolute atomic E-state index is 0.0512. The van der Waals surface area contributed by atoms with Crippen molar-refractivity contribution < 1.29 is 14.6 Å². The molecule has 1 aliphatic rings. The lowest BCUT2D eigenvalue weighted by Crippen LogP contribution is -2.48. The van der Waals surface area contributed by atoms with Crippen LogP contribution in [0.25, 0.3) is 0 Å². The maximum Gasteiger partial charge on any atom is 0.336 e. The molecule has 0 aromatic rings. The monoisotopic (exact) mass is 172 g/mol. The average molecular weight is 172 g/mol. The maximum absolute atomic E-state index is 11.0. The number of rotatable bonds is 2. The quantitative estimate of drug-likeness (QED) is 0.689. The summed E-state index contributed by atoms with van der Waals surface area (Å²) in [6.07, 6.45) is 2.60. The summed E-state index contributed by atoms with van der Waals surface area (Å²) in [5.74, 6) is -0.757. The molecule has 1 heterocycles. The van der Waals surface area contributed by atoms with Gasteiger partial charge in [-0.05, 0) is 25.2 Å². The van der Waals surface area contributed by atoms with Crippen LogP contribution in [0.2, 0.25) is 0 Å². The van der Waals surface area contributed by atoms with Gasteiger partial charge in [-0.1, -0.05) is 13.8 Å². The molecule has 1 rings (SSSR count). The fraction of sp³-hybridized carbons (Fsp3) is 0.889. The van der Waals surface area contributed by atoms with E-state index in [1.807, 2.05) is 13.8 Å². The summed E-state index contributed by atoms with van der Waals surface area (Å²) < 4.78 is 5.39. The van der Waals surface area contributed by atoms with Crippen molar-refractivity contribution in [2.24, 2.45) is 5.92 Å². The zero-order chi connectivity index (χ0) is 9.19. The molecule has 1 fully saturated rings. The molecule has 1 saturated heterocycles. The molecule has 3 nitrogen and oxygen atoms in total. The Kier molecular flexibility index (Phi) is 2.73. The van der Waals surface area contributed by atoms with E-state index < -0.39 is 11.6 Å². The Morgan fingerprint density at radius 1 is 1.50 bits per heavy atom. The highest BCUT2D eigenvalue weighted by Gasteiger charge is 2.43. The van der Waals surface area contributed by atoms with Gasteiger partial charge >= 0.3 is 5.97 Å². The number of carboxylic acids is 1. The molecule has 0 aromatic heterocycles. The third-order valence-corrected chi connectivity index (χ3v) is 2.60. The molecular weight excluding hydrogens is 156 g/mol. The molecule has 0 amide bonds. The Balaban J connectivity index is 2.77. The minimum Gasteiger partial charge on any atom is -0.479 e. The van der Waals surface area contributed by atoms with E-state index in [2.05, 4.69) is 0 Å². The van der Waals surface area contributed by atoms with Crippen LogP contribution in [0.5, 0.6) is 0 Å². The van der Waals surface area contributed by atoms with Crippen molar-refractivity contribution in [3.63, 3.8) is 0 Å². The Hall–Kier alpha value is -0.570. The Morgan fingerprint density at radius 3 is 2.42 bits per heavy atom. The van der Waals surface area contributed by atoms with Gasteiger partial charge in [-0.25, -0.2) is 4.79 Å². The largest absolute Gasteiger partial charge is 0.479 e. The van der Waals surface area contributed by atoms with Crippen LogP contribution >= 0.6 is 0 Å². The van der Waals surface area contributed by atoms with Crippen LogP contribution in [0.1, 0.15) is 33.1 Å². The standard InChI is InChI=1S/C9H16O3/c1-7(2)9(8(10)11)5-3-4-6-12-9/h7H,3-6H2,1-2H3,(H,10,11). The van der Waals surface area contributed by atoms with Gasteiger partial charge in [-0.15, -0.1) is 0 Å². The van der Waals surface area contributed by atoms with Crippen LogP contribution < -0.4 is 0 Å². The van der Waals surface area contributed by atoms with Crippen molar-refractivity contribution in [1.29, 1.82) is 0 Å². The van der Waals surface area contributed by atoms with E-state index in [9.17, 15) is 4.79 Å². The van der Waals surface area contributed by atoms with Gasteiger partial charge in [0.2, 0.25) is 0 Å². The third kappa shape index (κ3) is 1.46. The Labute approximate surface area is 72.7 Å². The molecule has 3 heteroatoms. The molecule has 0 saturated carbocycles. The molecule has 0 bridgehead atoms. The summed E-state index contributed by atoms with van der Waals surface area (Å²) in [5.41, 5.74) is -0.905. The van der Waals surface area contributed by atoms with Gasteiger partial charge in [0.15, 0.2) is 5.60 Å². The first-order valence-corrected chi connectivity index (χ1v) is 4.47. The summed E-state index contributed by atoms with van der Waals surface area (Å²) in [6.45, 7) is 4.39. The van der Waals surface area contributed by atoms with E-state index in [-0.39, 0.29) is 5.92 Å². The predicted molar refractivity (Wildman–Crippen MR) is 45.0 cm³/mol. The first-order chi connectivity index (χ1) is 5.59. The first kappa shape index (κ1) is 9.52. The van der Waals surface area contributed by atoms with E-state index in [4.69, 9.17) is 9.84 Å². The number of ether oxygens (including phenoxy) is 1. The molecule has 0 aliphatic carbocycles. The second kappa shape index (κ2) is 3.44. The van der Waals surface area contributed by atoms with Gasteiger partial charge in [-0.2, -0.15) is 0 Å². The van der Waals surface area contributed by atoms with Gasteiger partial charge in [0, 0.05) is 6.61 Å². The molecule has 70 valence electrons. The normalized spacial score (nSPS) is 30.6.